The van der Waals surface area contributed by atoms with Gasteiger partial charge in [0, 0.05) is 12.3 Å². The van der Waals surface area contributed by atoms with Gasteiger partial charge in [-0.25, -0.2) is 0 Å². The molecule has 12 heavy (non-hydrogen) atoms. The van der Waals surface area contributed by atoms with Crippen molar-refractivity contribution in [2.45, 2.75) is 13.0 Å². The Labute approximate surface area is 69.6 Å². The van der Waals surface area contributed by atoms with E-state index in [2.05, 4.69) is 0 Å². The van der Waals surface area contributed by atoms with E-state index in [0.717, 1.165) is 0 Å². The molecule has 0 fully saturated rings. The number of nitrogens with two attached hydrogens (primary N) is 1. The molecule has 0 spiro atoms. The minimum Gasteiger partial charge on any atom is -0.368 e. The van der Waals surface area contributed by atoms with Crippen LogP contribution in [-0.4, -0.2) is 10.5 Å². The van der Waals surface area contributed by atoms with E-state index >= 15 is 0 Å². The van der Waals surface area contributed by atoms with Crippen molar-refractivity contribution in [1.29, 1.82) is 0 Å². The summed E-state index contributed by atoms with van der Waals surface area (Å²) in [7, 11) is 0. The van der Waals surface area contributed by atoms with Gasteiger partial charge in [-0.15, -0.1) is 0 Å². The highest BCUT2D eigenvalue weighted by Gasteiger charge is 2.10. The number of primary amides is 1. The van der Waals surface area contributed by atoms with Gasteiger partial charge in [0.25, 0.3) is 5.56 Å². The summed E-state index contributed by atoms with van der Waals surface area (Å²) in [6.07, 6.45) is 1.54. The molecule has 0 radical (unpaired) electrons. The van der Waals surface area contributed by atoms with Gasteiger partial charge in [0.1, 0.15) is 6.04 Å². The summed E-state index contributed by atoms with van der Waals surface area (Å²) in [4.78, 5) is 21.8. The van der Waals surface area contributed by atoms with Gasteiger partial charge in [0.05, 0.1) is 0 Å². The van der Waals surface area contributed by atoms with Gasteiger partial charge >= 0.3 is 0 Å². The minimum atomic E-state index is -0.585. The van der Waals surface area contributed by atoms with Crippen LogP contribution in [0.2, 0.25) is 0 Å². The normalized spacial score (nSPS) is 12.4. The fraction of sp³-hybridized carbons (Fsp3) is 0.250. The monoisotopic (exact) mass is 166 g/mol. The summed E-state index contributed by atoms with van der Waals surface area (Å²) in [6, 6.07) is 4.10. The summed E-state index contributed by atoms with van der Waals surface area (Å²) in [5.74, 6) is -0.511. The fourth-order valence-electron chi connectivity index (χ4n) is 0.897. The van der Waals surface area contributed by atoms with Gasteiger partial charge in [0.2, 0.25) is 5.91 Å². The SMILES string of the molecule is C[C@@H](C(N)=O)n1ccccc1=O. The molecule has 1 aromatic rings. The average molecular weight is 166 g/mol. The maximum atomic E-state index is 11.1. The lowest BCUT2D eigenvalue weighted by atomic mass is 10.3. The molecule has 64 valence electrons. The van der Waals surface area contributed by atoms with Crippen molar-refractivity contribution < 1.29 is 4.79 Å². The van der Waals surface area contributed by atoms with Gasteiger partial charge in [-0.05, 0) is 13.0 Å². The van der Waals surface area contributed by atoms with Crippen molar-refractivity contribution in [2.75, 3.05) is 0 Å². The van der Waals surface area contributed by atoms with Gasteiger partial charge in [-0.2, -0.15) is 0 Å². The van der Waals surface area contributed by atoms with Crippen LogP contribution in [0, 0.1) is 0 Å². The van der Waals surface area contributed by atoms with Crippen molar-refractivity contribution in [1.82, 2.24) is 4.57 Å². The van der Waals surface area contributed by atoms with E-state index in [9.17, 15) is 9.59 Å². The van der Waals surface area contributed by atoms with E-state index in [1.165, 1.54) is 16.8 Å². The predicted octanol–water partition coefficient (Wildman–Crippen LogP) is -0.105. The molecular formula is C8H10N2O2. The summed E-state index contributed by atoms with van der Waals surface area (Å²) < 4.78 is 1.29. The molecule has 1 rings (SSSR count). The van der Waals surface area contributed by atoms with Gasteiger partial charge in [0.15, 0.2) is 0 Å². The third-order valence-electron chi connectivity index (χ3n) is 1.68. The number of amides is 1. The molecular weight excluding hydrogens is 156 g/mol. The zero-order valence-corrected chi connectivity index (χ0v) is 6.73. The maximum Gasteiger partial charge on any atom is 0.251 e. The highest BCUT2D eigenvalue weighted by Crippen LogP contribution is 1.98. The molecule has 0 saturated heterocycles. The largest absolute Gasteiger partial charge is 0.368 e. The van der Waals surface area contributed by atoms with E-state index in [1.54, 1.807) is 19.1 Å². The van der Waals surface area contributed by atoms with Crippen LogP contribution < -0.4 is 11.3 Å². The maximum absolute atomic E-state index is 11.1. The number of carbonyl (C=O) groups excluding carboxylic acids is 1. The van der Waals surface area contributed by atoms with Crippen LogP contribution >= 0.6 is 0 Å². The van der Waals surface area contributed by atoms with Crippen LogP contribution in [0.4, 0.5) is 0 Å². The molecule has 2 N–H and O–H groups in total. The van der Waals surface area contributed by atoms with Crippen molar-refractivity contribution >= 4 is 5.91 Å². The summed E-state index contributed by atoms with van der Waals surface area (Å²) in [5.41, 5.74) is 4.82. The Morgan fingerprint density at radius 1 is 1.58 bits per heavy atom. The second-order valence-corrected chi connectivity index (χ2v) is 2.52. The van der Waals surface area contributed by atoms with Gasteiger partial charge in [-0.3, -0.25) is 9.59 Å². The Morgan fingerprint density at radius 2 is 2.25 bits per heavy atom. The Morgan fingerprint density at radius 3 is 2.75 bits per heavy atom. The minimum absolute atomic E-state index is 0.219. The molecule has 0 unspecified atom stereocenters. The molecule has 4 nitrogen and oxygen atoms in total. The van der Waals surface area contributed by atoms with E-state index in [0.29, 0.717) is 0 Å². The van der Waals surface area contributed by atoms with Crippen LogP contribution in [0.3, 0.4) is 0 Å². The number of rotatable bonds is 2. The lowest BCUT2D eigenvalue weighted by molar-refractivity contribution is -0.120. The Balaban J connectivity index is 3.11. The molecule has 1 aromatic heterocycles. The van der Waals surface area contributed by atoms with Crippen LogP contribution in [0.1, 0.15) is 13.0 Å². The third kappa shape index (κ3) is 1.53. The second-order valence-electron chi connectivity index (χ2n) is 2.52. The first-order valence-corrected chi connectivity index (χ1v) is 3.59. The third-order valence-corrected chi connectivity index (χ3v) is 1.68. The molecule has 1 atom stereocenters. The fourth-order valence-corrected chi connectivity index (χ4v) is 0.897. The Hall–Kier alpha value is -1.58. The smallest absolute Gasteiger partial charge is 0.251 e. The Bertz CT molecular complexity index is 343. The van der Waals surface area contributed by atoms with E-state index < -0.39 is 11.9 Å². The molecule has 1 amide bonds. The van der Waals surface area contributed by atoms with Crippen LogP contribution in [0.5, 0.6) is 0 Å². The number of aromatic nitrogens is 1. The summed E-state index contributed by atoms with van der Waals surface area (Å²) in [6.45, 7) is 1.59. The van der Waals surface area contributed by atoms with Crippen LogP contribution in [-0.2, 0) is 4.79 Å². The van der Waals surface area contributed by atoms with Crippen molar-refractivity contribution in [3.8, 4) is 0 Å². The molecule has 1 heterocycles. The highest BCUT2D eigenvalue weighted by molar-refractivity contribution is 5.77. The molecule has 0 aromatic carbocycles. The molecule has 0 bridgehead atoms. The van der Waals surface area contributed by atoms with Crippen LogP contribution in [0.15, 0.2) is 29.2 Å². The first kappa shape index (κ1) is 8.52. The number of pyridine rings is 1. The predicted molar refractivity (Wildman–Crippen MR) is 44.6 cm³/mol. The van der Waals surface area contributed by atoms with E-state index in [1.807, 2.05) is 0 Å². The van der Waals surface area contributed by atoms with E-state index in [4.69, 9.17) is 5.73 Å². The standard InChI is InChI=1S/C8H10N2O2/c1-6(8(9)12)10-5-3-2-4-7(10)11/h2-6H,1H3,(H2,9,12)/t6-/m0/s1. The molecule has 0 aliphatic rings. The molecule has 0 aliphatic carbocycles. The van der Waals surface area contributed by atoms with Crippen LogP contribution in [0.25, 0.3) is 0 Å². The zero-order valence-electron chi connectivity index (χ0n) is 6.73. The summed E-state index contributed by atoms with van der Waals surface area (Å²) in [5, 5.41) is 0. The molecule has 0 saturated carbocycles. The van der Waals surface area contributed by atoms with E-state index in [-0.39, 0.29) is 5.56 Å². The Kier molecular flexibility index (Phi) is 2.28. The lowest BCUT2D eigenvalue weighted by Crippen LogP contribution is -2.30. The molecule has 4 heteroatoms. The number of hydrogen-bond acceptors (Lipinski definition) is 2. The topological polar surface area (TPSA) is 65.1 Å². The van der Waals surface area contributed by atoms with Gasteiger partial charge in [-0.1, -0.05) is 6.07 Å². The lowest BCUT2D eigenvalue weighted by Gasteiger charge is -2.09. The number of nitrogens with zero attached hydrogens (tertiary/aromatic N) is 1. The quantitative estimate of drug-likeness (QED) is 0.666. The number of hydrogen-bond donors (Lipinski definition) is 1. The summed E-state index contributed by atoms with van der Waals surface area (Å²) >= 11 is 0. The first-order valence-electron chi connectivity index (χ1n) is 3.59. The molecule has 0 aliphatic heterocycles. The zero-order chi connectivity index (χ0) is 9.14. The van der Waals surface area contributed by atoms with Crippen molar-refractivity contribution in [2.24, 2.45) is 5.73 Å². The van der Waals surface area contributed by atoms with Crippen molar-refractivity contribution in [3.63, 3.8) is 0 Å². The average Bonchev–Trinajstić information content (AvgIpc) is 2.04. The number of carbonyl (C=O) groups is 1. The first-order chi connectivity index (χ1) is 5.63. The second kappa shape index (κ2) is 3.21. The highest BCUT2D eigenvalue weighted by atomic mass is 16.2. The van der Waals surface area contributed by atoms with Gasteiger partial charge < -0.3 is 10.3 Å². The van der Waals surface area contributed by atoms with Crippen molar-refractivity contribution in [3.05, 3.63) is 34.7 Å².